The summed E-state index contributed by atoms with van der Waals surface area (Å²) in [5.74, 6) is 0.419. The van der Waals surface area contributed by atoms with E-state index >= 15 is 0 Å². The van der Waals surface area contributed by atoms with Gasteiger partial charge in [0.1, 0.15) is 0 Å². The van der Waals surface area contributed by atoms with Crippen LogP contribution in [0.15, 0.2) is 30.3 Å². The molecule has 1 fully saturated rings. The molecule has 1 aliphatic carbocycles. The van der Waals surface area contributed by atoms with Gasteiger partial charge in [-0.25, -0.2) is 0 Å². The van der Waals surface area contributed by atoms with Crippen molar-refractivity contribution in [1.82, 2.24) is 4.90 Å². The molecule has 0 spiro atoms. The van der Waals surface area contributed by atoms with Gasteiger partial charge in [-0.3, -0.25) is 4.90 Å². The normalized spacial score (nSPS) is 25.9. The highest BCUT2D eigenvalue weighted by Gasteiger charge is 2.38. The molecule has 2 atom stereocenters. The summed E-state index contributed by atoms with van der Waals surface area (Å²) in [5, 5.41) is 10.6. The Labute approximate surface area is 123 Å². The van der Waals surface area contributed by atoms with E-state index < -0.39 is 0 Å². The molecule has 1 aromatic rings. The van der Waals surface area contributed by atoms with Crippen LogP contribution >= 0.6 is 0 Å². The summed E-state index contributed by atoms with van der Waals surface area (Å²) in [6, 6.07) is 10.6. The smallest absolute Gasteiger partial charge is 0.0631 e. The van der Waals surface area contributed by atoms with E-state index in [4.69, 9.17) is 0 Å². The van der Waals surface area contributed by atoms with Crippen LogP contribution in [0.5, 0.6) is 0 Å². The maximum Gasteiger partial charge on any atom is 0.0631 e. The van der Waals surface area contributed by atoms with Crippen molar-refractivity contribution in [2.24, 2.45) is 11.3 Å². The lowest BCUT2D eigenvalue weighted by molar-refractivity contribution is -0.0432. The van der Waals surface area contributed by atoms with Crippen LogP contribution in [0, 0.1) is 11.3 Å². The van der Waals surface area contributed by atoms with Crippen molar-refractivity contribution >= 4 is 0 Å². The van der Waals surface area contributed by atoms with Crippen LogP contribution in [-0.4, -0.2) is 29.2 Å². The topological polar surface area (TPSA) is 23.5 Å². The Morgan fingerprint density at radius 2 is 1.95 bits per heavy atom. The van der Waals surface area contributed by atoms with Crippen molar-refractivity contribution in [3.05, 3.63) is 35.9 Å². The van der Waals surface area contributed by atoms with Gasteiger partial charge in [0.05, 0.1) is 6.10 Å². The lowest BCUT2D eigenvalue weighted by Gasteiger charge is -2.42. The average molecular weight is 275 g/mol. The molecule has 2 heteroatoms. The molecule has 112 valence electrons. The van der Waals surface area contributed by atoms with Gasteiger partial charge in [-0.15, -0.1) is 0 Å². The van der Waals surface area contributed by atoms with Gasteiger partial charge in [0.15, 0.2) is 0 Å². The van der Waals surface area contributed by atoms with Crippen molar-refractivity contribution in [1.29, 1.82) is 0 Å². The molecule has 2 rings (SSSR count). The molecule has 0 radical (unpaired) electrons. The van der Waals surface area contributed by atoms with Gasteiger partial charge in [-0.2, -0.15) is 0 Å². The van der Waals surface area contributed by atoms with Gasteiger partial charge in [-0.1, -0.05) is 57.5 Å². The average Bonchev–Trinajstić information content (AvgIpc) is 2.44. The Morgan fingerprint density at radius 1 is 1.25 bits per heavy atom. The molecule has 1 N–H and O–H groups in total. The van der Waals surface area contributed by atoms with Crippen molar-refractivity contribution in [2.45, 2.75) is 52.7 Å². The second-order valence-corrected chi connectivity index (χ2v) is 6.90. The van der Waals surface area contributed by atoms with Crippen LogP contribution in [0.25, 0.3) is 0 Å². The highest BCUT2D eigenvalue weighted by molar-refractivity contribution is 5.14. The number of aliphatic hydroxyl groups excluding tert-OH is 1. The zero-order valence-electron chi connectivity index (χ0n) is 13.2. The van der Waals surface area contributed by atoms with Gasteiger partial charge >= 0.3 is 0 Å². The fourth-order valence-electron chi connectivity index (χ4n) is 3.43. The Kier molecular flexibility index (Phi) is 5.22. The van der Waals surface area contributed by atoms with E-state index in [1.165, 1.54) is 12.0 Å². The summed E-state index contributed by atoms with van der Waals surface area (Å²) in [7, 11) is 0. The zero-order chi connectivity index (χ0) is 14.6. The van der Waals surface area contributed by atoms with Gasteiger partial charge in [0.25, 0.3) is 0 Å². The number of benzene rings is 1. The van der Waals surface area contributed by atoms with Crippen LogP contribution in [-0.2, 0) is 6.54 Å². The molecule has 1 aliphatic rings. The molecule has 0 aromatic heterocycles. The third kappa shape index (κ3) is 3.83. The van der Waals surface area contributed by atoms with Crippen LogP contribution in [0.1, 0.15) is 45.6 Å². The summed E-state index contributed by atoms with van der Waals surface area (Å²) in [4.78, 5) is 2.46. The van der Waals surface area contributed by atoms with E-state index in [1.54, 1.807) is 0 Å². The number of rotatable bonds is 5. The number of aliphatic hydroxyl groups is 1. The zero-order valence-corrected chi connectivity index (χ0v) is 13.2. The van der Waals surface area contributed by atoms with Crippen molar-refractivity contribution < 1.29 is 5.11 Å². The van der Waals surface area contributed by atoms with Gasteiger partial charge < -0.3 is 5.11 Å². The minimum Gasteiger partial charge on any atom is -0.392 e. The van der Waals surface area contributed by atoms with Crippen LogP contribution in [0.2, 0.25) is 0 Å². The van der Waals surface area contributed by atoms with Gasteiger partial charge in [0, 0.05) is 13.1 Å². The van der Waals surface area contributed by atoms with E-state index in [1.807, 2.05) is 0 Å². The molecule has 20 heavy (non-hydrogen) atoms. The molecule has 0 bridgehead atoms. The first-order valence-corrected chi connectivity index (χ1v) is 7.97. The molecule has 1 aromatic carbocycles. The molecular formula is C18H29NO. The monoisotopic (exact) mass is 275 g/mol. The minimum absolute atomic E-state index is 0.0784. The van der Waals surface area contributed by atoms with E-state index in [2.05, 4.69) is 56.0 Å². The second kappa shape index (κ2) is 6.73. The summed E-state index contributed by atoms with van der Waals surface area (Å²) in [6.45, 7) is 9.66. The number of hydrogen-bond donors (Lipinski definition) is 1. The first kappa shape index (κ1) is 15.5. The fraction of sp³-hybridized carbons (Fsp3) is 0.667. The number of nitrogens with zero attached hydrogens (tertiary/aromatic N) is 1. The number of hydrogen-bond acceptors (Lipinski definition) is 2. The molecule has 0 aliphatic heterocycles. The predicted molar refractivity (Wildman–Crippen MR) is 84.5 cm³/mol. The predicted octanol–water partition coefficient (Wildman–Crippen LogP) is 3.70. The Bertz CT molecular complexity index is 401. The Morgan fingerprint density at radius 3 is 2.60 bits per heavy atom. The Balaban J connectivity index is 1.96. The van der Waals surface area contributed by atoms with Gasteiger partial charge in [-0.05, 0) is 36.3 Å². The largest absolute Gasteiger partial charge is 0.392 e. The standard InChI is InChI=1S/C18H29NO/c1-4-19(13-15-9-6-5-7-10-15)14-16-11-8-12-18(2,3)17(16)20/h5-7,9-10,16-17,20H,4,8,11-14H2,1-3H3. The van der Waals surface area contributed by atoms with E-state index in [9.17, 15) is 5.11 Å². The molecule has 2 nitrogen and oxygen atoms in total. The summed E-state index contributed by atoms with van der Waals surface area (Å²) >= 11 is 0. The third-order valence-corrected chi connectivity index (χ3v) is 4.83. The highest BCUT2D eigenvalue weighted by atomic mass is 16.3. The highest BCUT2D eigenvalue weighted by Crippen LogP contribution is 2.39. The lowest BCUT2D eigenvalue weighted by Crippen LogP contribution is -2.44. The first-order valence-electron chi connectivity index (χ1n) is 7.97. The molecule has 0 amide bonds. The molecule has 1 saturated carbocycles. The van der Waals surface area contributed by atoms with Gasteiger partial charge in [0.2, 0.25) is 0 Å². The van der Waals surface area contributed by atoms with E-state index in [-0.39, 0.29) is 11.5 Å². The van der Waals surface area contributed by atoms with Crippen molar-refractivity contribution in [2.75, 3.05) is 13.1 Å². The molecule has 2 unspecified atom stereocenters. The second-order valence-electron chi connectivity index (χ2n) is 6.90. The summed E-state index contributed by atoms with van der Waals surface area (Å²) in [5.41, 5.74) is 1.44. The molecular weight excluding hydrogens is 246 g/mol. The fourth-order valence-corrected chi connectivity index (χ4v) is 3.43. The van der Waals surface area contributed by atoms with E-state index in [0.717, 1.165) is 32.5 Å². The Hall–Kier alpha value is -0.860. The molecule has 0 heterocycles. The van der Waals surface area contributed by atoms with Crippen molar-refractivity contribution in [3.8, 4) is 0 Å². The van der Waals surface area contributed by atoms with Crippen LogP contribution in [0.4, 0.5) is 0 Å². The van der Waals surface area contributed by atoms with Crippen LogP contribution < -0.4 is 0 Å². The maximum absolute atomic E-state index is 10.6. The lowest BCUT2D eigenvalue weighted by atomic mass is 9.69. The van der Waals surface area contributed by atoms with Crippen molar-refractivity contribution in [3.63, 3.8) is 0 Å². The first-order chi connectivity index (χ1) is 9.53. The van der Waals surface area contributed by atoms with Crippen LogP contribution in [0.3, 0.4) is 0 Å². The third-order valence-electron chi connectivity index (χ3n) is 4.83. The quantitative estimate of drug-likeness (QED) is 0.886. The summed E-state index contributed by atoms with van der Waals surface area (Å²) in [6.07, 6.45) is 3.39. The SMILES string of the molecule is CCN(Cc1ccccc1)CC1CCCC(C)(C)C1O. The minimum atomic E-state index is -0.166. The van der Waals surface area contributed by atoms with E-state index in [0.29, 0.717) is 5.92 Å². The maximum atomic E-state index is 10.6. The summed E-state index contributed by atoms with van der Waals surface area (Å²) < 4.78 is 0. The molecule has 0 saturated heterocycles.